The third kappa shape index (κ3) is 5.82. The van der Waals surface area contributed by atoms with Crippen LogP contribution < -0.4 is 10.2 Å². The number of amides is 1. The van der Waals surface area contributed by atoms with Gasteiger partial charge in [-0.05, 0) is 23.4 Å². The molecule has 8 heteroatoms. The van der Waals surface area contributed by atoms with Crippen LogP contribution in [0, 0.1) is 5.92 Å². The molecule has 2 rings (SSSR count). The van der Waals surface area contributed by atoms with Crippen LogP contribution in [-0.4, -0.2) is 42.0 Å². The first-order valence-corrected chi connectivity index (χ1v) is 8.82. The Bertz CT molecular complexity index is 676. The second-order valence-electron chi connectivity index (χ2n) is 5.87. The minimum atomic E-state index is -0.512. The Morgan fingerprint density at radius 3 is 2.60 bits per heavy atom. The van der Waals surface area contributed by atoms with Gasteiger partial charge in [0.1, 0.15) is 6.54 Å². The molecular formula is C17H22N4O3S. The van der Waals surface area contributed by atoms with Gasteiger partial charge in [0.25, 0.3) is 5.91 Å². The average molecular weight is 362 g/mol. The third-order valence-electron chi connectivity index (χ3n) is 3.46. The molecule has 134 valence electrons. The van der Waals surface area contributed by atoms with Gasteiger partial charge in [-0.2, -0.15) is 0 Å². The molecule has 7 nitrogen and oxygen atoms in total. The molecule has 0 saturated carbocycles. The zero-order valence-corrected chi connectivity index (χ0v) is 15.3. The molecule has 0 radical (unpaired) electrons. The lowest BCUT2D eigenvalue weighted by molar-refractivity contribution is -0.147. The molecule has 0 unspecified atom stereocenters. The summed E-state index contributed by atoms with van der Waals surface area (Å²) >= 11 is 1.59. The topological polar surface area (TPSA) is 84.4 Å². The van der Waals surface area contributed by atoms with Gasteiger partial charge in [0.2, 0.25) is 5.95 Å². The van der Waals surface area contributed by atoms with Crippen molar-refractivity contribution in [3.63, 3.8) is 0 Å². The molecule has 0 aliphatic heterocycles. The summed E-state index contributed by atoms with van der Waals surface area (Å²) in [6, 6.07) is 5.53. The summed E-state index contributed by atoms with van der Waals surface area (Å²) in [6.07, 6.45) is 3.18. The van der Waals surface area contributed by atoms with E-state index in [9.17, 15) is 9.59 Å². The fourth-order valence-corrected chi connectivity index (χ4v) is 3.14. The van der Waals surface area contributed by atoms with Crippen LogP contribution in [0.2, 0.25) is 0 Å². The highest BCUT2D eigenvalue weighted by Gasteiger charge is 2.20. The number of nitrogens with zero attached hydrogens (tertiary/aromatic N) is 3. The van der Waals surface area contributed by atoms with E-state index in [1.54, 1.807) is 41.7 Å². The molecule has 0 fully saturated rings. The summed E-state index contributed by atoms with van der Waals surface area (Å²) in [7, 11) is 1.68. The van der Waals surface area contributed by atoms with Crippen LogP contribution in [0.1, 0.15) is 24.8 Å². The Morgan fingerprint density at radius 2 is 2.00 bits per heavy atom. The van der Waals surface area contributed by atoms with Crippen molar-refractivity contribution < 1.29 is 14.3 Å². The van der Waals surface area contributed by atoms with Crippen molar-refractivity contribution in [3.05, 3.63) is 40.8 Å². The van der Waals surface area contributed by atoms with Crippen molar-refractivity contribution in [1.82, 2.24) is 15.3 Å². The summed E-state index contributed by atoms with van der Waals surface area (Å²) in [5.41, 5.74) is 0. The van der Waals surface area contributed by atoms with Crippen molar-refractivity contribution in [3.8, 4) is 0 Å². The number of anilines is 1. The Balaban J connectivity index is 1.80. The zero-order chi connectivity index (χ0) is 18.2. The molecule has 0 aliphatic rings. The van der Waals surface area contributed by atoms with E-state index in [-0.39, 0.29) is 31.0 Å². The number of carbonyl (C=O) groups is 2. The first-order valence-electron chi connectivity index (χ1n) is 7.94. The minimum absolute atomic E-state index is 0.0319. The lowest BCUT2D eigenvalue weighted by Gasteiger charge is -2.21. The maximum Gasteiger partial charge on any atom is 0.326 e. The van der Waals surface area contributed by atoms with Crippen LogP contribution in [0.5, 0.6) is 0 Å². The molecule has 1 amide bonds. The van der Waals surface area contributed by atoms with Crippen molar-refractivity contribution >= 4 is 29.2 Å². The maximum absolute atomic E-state index is 12.1. The van der Waals surface area contributed by atoms with Gasteiger partial charge in [-0.25, -0.2) is 9.97 Å². The van der Waals surface area contributed by atoms with Crippen molar-refractivity contribution in [1.29, 1.82) is 0 Å². The highest BCUT2D eigenvalue weighted by molar-refractivity contribution is 7.10. The van der Waals surface area contributed by atoms with Gasteiger partial charge in [-0.15, -0.1) is 11.3 Å². The molecule has 0 aromatic carbocycles. The smallest absolute Gasteiger partial charge is 0.326 e. The van der Waals surface area contributed by atoms with Gasteiger partial charge in [-0.3, -0.25) is 9.59 Å². The fraction of sp³-hybridized carbons (Fsp3) is 0.412. The van der Waals surface area contributed by atoms with Gasteiger partial charge >= 0.3 is 5.97 Å². The predicted molar refractivity (Wildman–Crippen MR) is 96.3 cm³/mol. The molecule has 1 atom stereocenters. The standard InChI is InChI=1S/C17H22N4O3S/c1-12(2)16(13-6-4-9-25-13)20-14(22)11-24-15(23)10-21(3)17-18-7-5-8-19-17/h4-9,12,16H,10-11H2,1-3H3,(H,20,22)/t16-/m0/s1. The molecule has 0 aliphatic carbocycles. The fourth-order valence-electron chi connectivity index (χ4n) is 2.19. The van der Waals surface area contributed by atoms with E-state index in [1.807, 2.05) is 31.4 Å². The van der Waals surface area contributed by atoms with E-state index in [4.69, 9.17) is 4.74 Å². The molecule has 0 spiro atoms. The molecule has 25 heavy (non-hydrogen) atoms. The Labute approximate surface area is 151 Å². The summed E-state index contributed by atoms with van der Waals surface area (Å²) in [5, 5.41) is 4.89. The van der Waals surface area contributed by atoms with Gasteiger partial charge in [0, 0.05) is 24.3 Å². The van der Waals surface area contributed by atoms with E-state index in [0.29, 0.717) is 5.95 Å². The monoisotopic (exact) mass is 362 g/mol. The molecular weight excluding hydrogens is 340 g/mol. The summed E-state index contributed by atoms with van der Waals surface area (Å²) in [5.74, 6) is -0.178. The highest BCUT2D eigenvalue weighted by atomic mass is 32.1. The second-order valence-corrected chi connectivity index (χ2v) is 6.85. The first-order chi connectivity index (χ1) is 12.0. The maximum atomic E-state index is 12.1. The van der Waals surface area contributed by atoms with Crippen molar-refractivity contribution in [2.45, 2.75) is 19.9 Å². The van der Waals surface area contributed by atoms with Crippen molar-refractivity contribution in [2.75, 3.05) is 25.1 Å². The van der Waals surface area contributed by atoms with Crippen molar-refractivity contribution in [2.24, 2.45) is 5.92 Å². The summed E-state index contributed by atoms with van der Waals surface area (Å²) < 4.78 is 5.05. The van der Waals surface area contributed by atoms with Gasteiger partial charge in [0.15, 0.2) is 6.61 Å². The van der Waals surface area contributed by atoms with E-state index in [1.165, 1.54) is 0 Å². The molecule has 2 aromatic rings. The number of aromatic nitrogens is 2. The Hall–Kier alpha value is -2.48. The second kappa shape index (κ2) is 9.12. The third-order valence-corrected chi connectivity index (χ3v) is 4.41. The molecule has 0 bridgehead atoms. The van der Waals surface area contributed by atoms with E-state index < -0.39 is 5.97 Å². The molecule has 0 saturated heterocycles. The van der Waals surface area contributed by atoms with E-state index in [2.05, 4.69) is 15.3 Å². The number of thiophene rings is 1. The summed E-state index contributed by atoms with van der Waals surface area (Å²) in [6.45, 7) is 3.73. The van der Waals surface area contributed by atoms with Gasteiger partial charge in [0.05, 0.1) is 6.04 Å². The number of hydrogen-bond donors (Lipinski definition) is 1. The number of nitrogens with one attached hydrogen (secondary N) is 1. The quantitative estimate of drug-likeness (QED) is 0.724. The largest absolute Gasteiger partial charge is 0.454 e. The van der Waals surface area contributed by atoms with Gasteiger partial charge < -0.3 is 15.0 Å². The average Bonchev–Trinajstić information content (AvgIpc) is 3.12. The van der Waals surface area contributed by atoms with Crippen LogP contribution >= 0.6 is 11.3 Å². The van der Waals surface area contributed by atoms with Crippen LogP contribution in [0.3, 0.4) is 0 Å². The highest BCUT2D eigenvalue weighted by Crippen LogP contribution is 2.25. The normalized spacial score (nSPS) is 11.8. The minimum Gasteiger partial charge on any atom is -0.454 e. The Morgan fingerprint density at radius 1 is 1.28 bits per heavy atom. The van der Waals surface area contributed by atoms with Crippen LogP contribution in [0.25, 0.3) is 0 Å². The number of carbonyl (C=O) groups excluding carboxylic acids is 2. The number of likely N-dealkylation sites (N-methyl/N-ethyl adjacent to an activating group) is 1. The Kier molecular flexibility index (Phi) is 6.88. The number of hydrogen-bond acceptors (Lipinski definition) is 7. The van der Waals surface area contributed by atoms with Crippen LogP contribution in [0.15, 0.2) is 36.0 Å². The molecule has 2 aromatic heterocycles. The van der Waals surface area contributed by atoms with E-state index in [0.717, 1.165) is 4.88 Å². The number of ether oxygens (including phenoxy) is 1. The van der Waals surface area contributed by atoms with Crippen LogP contribution in [0.4, 0.5) is 5.95 Å². The SMILES string of the molecule is CC(C)[C@H](NC(=O)COC(=O)CN(C)c1ncccn1)c1cccs1. The van der Waals surface area contributed by atoms with E-state index >= 15 is 0 Å². The molecule has 1 N–H and O–H groups in total. The first kappa shape index (κ1) is 18.9. The predicted octanol–water partition coefficient (Wildman–Crippen LogP) is 2.03. The van der Waals surface area contributed by atoms with Crippen LogP contribution in [-0.2, 0) is 14.3 Å². The van der Waals surface area contributed by atoms with Gasteiger partial charge in [-0.1, -0.05) is 19.9 Å². The number of rotatable bonds is 8. The lowest BCUT2D eigenvalue weighted by atomic mass is 10.0. The summed E-state index contributed by atoms with van der Waals surface area (Å²) in [4.78, 5) is 34.7. The lowest BCUT2D eigenvalue weighted by Crippen LogP contribution is -2.36. The zero-order valence-electron chi connectivity index (χ0n) is 14.5. The molecule has 2 heterocycles. The number of esters is 1.